The number of rotatable bonds is 4. The molecular weight excluding hydrogens is 276 g/mol. The molecule has 0 heterocycles. The Morgan fingerprint density at radius 1 is 1.24 bits per heavy atom. The summed E-state index contributed by atoms with van der Waals surface area (Å²) in [5.41, 5.74) is 0. The van der Waals surface area contributed by atoms with Gasteiger partial charge in [-0.3, -0.25) is 0 Å². The molecule has 0 amide bonds. The van der Waals surface area contributed by atoms with Gasteiger partial charge in [0, 0.05) is 6.10 Å². The molecule has 2 nitrogen and oxygen atoms in total. The van der Waals surface area contributed by atoms with Gasteiger partial charge in [0.15, 0.2) is 8.32 Å². The SMILES string of the molecule is C=CC(O)[C@@H]1C[C@@H]2CCC[C@H](O[Si](C)(C)C(C)(C)C)[C@@H]2C1. The molecule has 1 unspecified atom stereocenters. The molecule has 2 aliphatic carbocycles. The van der Waals surface area contributed by atoms with Crippen LogP contribution in [0.3, 0.4) is 0 Å². The van der Waals surface area contributed by atoms with Gasteiger partial charge in [0.2, 0.25) is 0 Å². The van der Waals surface area contributed by atoms with Crippen molar-refractivity contribution >= 4 is 8.32 Å². The summed E-state index contributed by atoms with van der Waals surface area (Å²) < 4.78 is 6.75. The largest absolute Gasteiger partial charge is 0.414 e. The molecule has 0 spiro atoms. The van der Waals surface area contributed by atoms with Crippen molar-refractivity contribution in [2.24, 2.45) is 17.8 Å². The molecule has 0 aromatic rings. The van der Waals surface area contributed by atoms with Gasteiger partial charge < -0.3 is 9.53 Å². The Morgan fingerprint density at radius 2 is 1.90 bits per heavy atom. The van der Waals surface area contributed by atoms with E-state index in [4.69, 9.17) is 4.43 Å². The Hall–Kier alpha value is -0.123. The standard InChI is InChI=1S/C18H34O2Si/c1-7-16(19)14-11-13-9-8-10-17(15(13)12-14)20-21(5,6)18(2,3)4/h7,13-17,19H,1,8-12H2,2-6H3/t13-,14+,15+,16?,17-/m0/s1. The van der Waals surface area contributed by atoms with Gasteiger partial charge in [-0.15, -0.1) is 6.58 Å². The van der Waals surface area contributed by atoms with E-state index < -0.39 is 8.32 Å². The van der Waals surface area contributed by atoms with E-state index in [9.17, 15) is 5.11 Å². The Morgan fingerprint density at radius 3 is 2.48 bits per heavy atom. The summed E-state index contributed by atoms with van der Waals surface area (Å²) in [6, 6.07) is 0. The van der Waals surface area contributed by atoms with Crippen LogP contribution in [-0.2, 0) is 4.43 Å². The highest BCUT2D eigenvalue weighted by molar-refractivity contribution is 6.74. The maximum atomic E-state index is 10.1. The van der Waals surface area contributed by atoms with Crippen LogP contribution in [0, 0.1) is 17.8 Å². The zero-order chi connectivity index (χ0) is 15.8. The fourth-order valence-electron chi connectivity index (χ4n) is 3.96. The quantitative estimate of drug-likeness (QED) is 0.600. The minimum absolute atomic E-state index is 0.276. The number of aliphatic hydroxyl groups is 1. The van der Waals surface area contributed by atoms with Gasteiger partial charge in [-0.1, -0.05) is 33.3 Å². The molecule has 2 rings (SSSR count). The van der Waals surface area contributed by atoms with Gasteiger partial charge in [-0.05, 0) is 61.6 Å². The highest BCUT2D eigenvalue weighted by Crippen LogP contribution is 2.49. The third-order valence-corrected chi connectivity index (χ3v) is 10.8. The molecule has 1 N–H and O–H groups in total. The molecule has 0 aromatic heterocycles. The summed E-state index contributed by atoms with van der Waals surface area (Å²) in [6.07, 6.45) is 7.92. The third-order valence-electron chi connectivity index (χ3n) is 6.30. The number of hydrogen-bond acceptors (Lipinski definition) is 2. The molecule has 122 valence electrons. The zero-order valence-corrected chi connectivity index (χ0v) is 15.6. The fraction of sp³-hybridized carbons (Fsp3) is 0.889. The zero-order valence-electron chi connectivity index (χ0n) is 14.6. The maximum Gasteiger partial charge on any atom is 0.192 e. The average molecular weight is 311 g/mol. The van der Waals surface area contributed by atoms with Crippen molar-refractivity contribution < 1.29 is 9.53 Å². The Bertz CT molecular complexity index is 372. The highest BCUT2D eigenvalue weighted by Gasteiger charge is 2.47. The summed E-state index contributed by atoms with van der Waals surface area (Å²) in [4.78, 5) is 0. The summed E-state index contributed by atoms with van der Waals surface area (Å²) in [5, 5.41) is 10.4. The Kier molecular flexibility index (Phi) is 5.06. The summed E-state index contributed by atoms with van der Waals surface area (Å²) >= 11 is 0. The van der Waals surface area contributed by atoms with Crippen molar-refractivity contribution in [1.29, 1.82) is 0 Å². The van der Waals surface area contributed by atoms with Crippen LogP contribution in [0.4, 0.5) is 0 Å². The predicted molar refractivity (Wildman–Crippen MR) is 91.8 cm³/mol. The predicted octanol–water partition coefficient (Wildman–Crippen LogP) is 4.75. The van der Waals surface area contributed by atoms with Crippen molar-refractivity contribution in [3.8, 4) is 0 Å². The molecule has 2 saturated carbocycles. The summed E-state index contributed by atoms with van der Waals surface area (Å²) in [7, 11) is -1.69. The summed E-state index contributed by atoms with van der Waals surface area (Å²) in [6.45, 7) is 15.4. The Balaban J connectivity index is 2.06. The van der Waals surface area contributed by atoms with E-state index in [1.807, 2.05) is 0 Å². The van der Waals surface area contributed by atoms with Crippen LogP contribution in [0.5, 0.6) is 0 Å². The van der Waals surface area contributed by atoms with Crippen molar-refractivity contribution in [2.75, 3.05) is 0 Å². The first-order chi connectivity index (χ1) is 9.65. The number of fused-ring (bicyclic) bond motifs is 1. The lowest BCUT2D eigenvalue weighted by Crippen LogP contribution is -2.47. The van der Waals surface area contributed by atoms with Gasteiger partial charge in [0.05, 0.1) is 6.10 Å². The van der Waals surface area contributed by atoms with E-state index in [1.54, 1.807) is 6.08 Å². The lowest BCUT2D eigenvalue weighted by atomic mass is 9.80. The van der Waals surface area contributed by atoms with Gasteiger partial charge in [-0.25, -0.2) is 0 Å². The van der Waals surface area contributed by atoms with E-state index >= 15 is 0 Å². The molecule has 5 atom stereocenters. The first kappa shape index (κ1) is 17.2. The first-order valence-electron chi connectivity index (χ1n) is 8.64. The van der Waals surface area contributed by atoms with Crippen molar-refractivity contribution in [3.63, 3.8) is 0 Å². The van der Waals surface area contributed by atoms with E-state index in [2.05, 4.69) is 40.4 Å². The van der Waals surface area contributed by atoms with Crippen LogP contribution in [0.25, 0.3) is 0 Å². The molecule has 0 aliphatic heterocycles. The second kappa shape index (κ2) is 6.17. The van der Waals surface area contributed by atoms with Gasteiger partial charge in [-0.2, -0.15) is 0 Å². The van der Waals surface area contributed by atoms with E-state index in [-0.39, 0.29) is 11.1 Å². The van der Waals surface area contributed by atoms with Crippen LogP contribution in [-0.4, -0.2) is 25.6 Å². The second-order valence-electron chi connectivity index (χ2n) is 8.73. The van der Waals surface area contributed by atoms with Crippen LogP contribution in [0.2, 0.25) is 18.1 Å². The van der Waals surface area contributed by atoms with Gasteiger partial charge >= 0.3 is 0 Å². The fourth-order valence-corrected chi connectivity index (χ4v) is 5.36. The number of hydrogen-bond donors (Lipinski definition) is 1. The topological polar surface area (TPSA) is 29.5 Å². The maximum absolute atomic E-state index is 10.1. The Labute approximate surface area is 132 Å². The molecular formula is C18H34O2Si. The monoisotopic (exact) mass is 310 g/mol. The van der Waals surface area contributed by atoms with Crippen LogP contribution in [0.15, 0.2) is 12.7 Å². The lowest BCUT2D eigenvalue weighted by molar-refractivity contribution is 0.0550. The molecule has 2 aliphatic rings. The van der Waals surface area contributed by atoms with E-state index in [0.717, 1.165) is 18.8 Å². The third kappa shape index (κ3) is 3.62. The molecule has 0 aromatic carbocycles. The second-order valence-corrected chi connectivity index (χ2v) is 13.5. The van der Waals surface area contributed by atoms with Crippen LogP contribution >= 0.6 is 0 Å². The highest BCUT2D eigenvalue weighted by atomic mass is 28.4. The first-order valence-corrected chi connectivity index (χ1v) is 11.5. The molecule has 3 heteroatoms. The molecule has 0 radical (unpaired) electrons. The smallest absolute Gasteiger partial charge is 0.192 e. The lowest BCUT2D eigenvalue weighted by Gasteiger charge is -2.43. The van der Waals surface area contributed by atoms with Crippen molar-refractivity contribution in [2.45, 2.75) is 83.2 Å². The molecule has 21 heavy (non-hydrogen) atoms. The van der Waals surface area contributed by atoms with Crippen LogP contribution < -0.4 is 0 Å². The average Bonchev–Trinajstić information content (AvgIpc) is 2.81. The van der Waals surface area contributed by atoms with E-state index in [1.165, 1.54) is 19.3 Å². The van der Waals surface area contributed by atoms with Crippen molar-refractivity contribution in [3.05, 3.63) is 12.7 Å². The molecule has 2 fully saturated rings. The van der Waals surface area contributed by atoms with Crippen molar-refractivity contribution in [1.82, 2.24) is 0 Å². The van der Waals surface area contributed by atoms with Crippen LogP contribution in [0.1, 0.15) is 52.9 Å². The van der Waals surface area contributed by atoms with Gasteiger partial charge in [0.25, 0.3) is 0 Å². The van der Waals surface area contributed by atoms with Gasteiger partial charge in [0.1, 0.15) is 0 Å². The number of aliphatic hydroxyl groups excluding tert-OH is 1. The normalized spacial score (nSPS) is 35.3. The minimum Gasteiger partial charge on any atom is -0.414 e. The minimum atomic E-state index is -1.69. The molecule has 0 bridgehead atoms. The summed E-state index contributed by atoms with van der Waals surface area (Å²) in [5.74, 6) is 1.82. The molecule has 0 saturated heterocycles. The van der Waals surface area contributed by atoms with E-state index in [0.29, 0.717) is 17.9 Å².